The lowest BCUT2D eigenvalue weighted by Gasteiger charge is -2.33. The second-order valence-corrected chi connectivity index (χ2v) is 3.95. The topological polar surface area (TPSA) is 15.3 Å². The highest BCUT2D eigenvalue weighted by atomic mass is 32.1. The van der Waals surface area contributed by atoms with E-state index in [0.29, 0.717) is 0 Å². The first-order valence-electron chi connectivity index (χ1n) is 3.94. The van der Waals surface area contributed by atoms with Crippen LogP contribution in [0.25, 0.3) is 0 Å². The van der Waals surface area contributed by atoms with Gasteiger partial charge in [-0.2, -0.15) is 11.3 Å². The van der Waals surface area contributed by atoms with E-state index in [1.165, 1.54) is 6.42 Å². The monoisotopic (exact) mass is 198 g/mol. The number of nitrogens with one attached hydrogen (secondary N) is 1. The number of rotatable bonds is 1. The fourth-order valence-corrected chi connectivity index (χ4v) is 1.95. The number of thiophene rings is 1. The molecule has 2 nitrogen and oxygen atoms in total. The summed E-state index contributed by atoms with van der Waals surface area (Å²) in [6.45, 7) is 2.21. The van der Waals surface area contributed by atoms with E-state index in [0.717, 1.165) is 23.9 Å². The second kappa shape index (κ2) is 3.41. The van der Waals surface area contributed by atoms with E-state index in [2.05, 4.69) is 15.6 Å². The summed E-state index contributed by atoms with van der Waals surface area (Å²) in [5.41, 5.74) is 1.11. The van der Waals surface area contributed by atoms with Crippen molar-refractivity contribution in [3.05, 3.63) is 16.8 Å². The van der Waals surface area contributed by atoms with Crippen LogP contribution in [0.5, 0.6) is 0 Å². The maximum Gasteiger partial charge on any atom is 0.173 e. The molecule has 4 heteroatoms. The van der Waals surface area contributed by atoms with Crippen molar-refractivity contribution in [3.8, 4) is 0 Å². The fourth-order valence-electron chi connectivity index (χ4n) is 1.06. The Morgan fingerprint density at radius 2 is 2.42 bits per heavy atom. The van der Waals surface area contributed by atoms with Crippen molar-refractivity contribution in [2.45, 2.75) is 6.42 Å². The molecule has 1 aromatic heterocycles. The van der Waals surface area contributed by atoms with Gasteiger partial charge in [-0.1, -0.05) is 0 Å². The van der Waals surface area contributed by atoms with Gasteiger partial charge in [-0.3, -0.25) is 0 Å². The largest absolute Gasteiger partial charge is 0.349 e. The molecule has 0 bridgehead atoms. The second-order valence-electron chi connectivity index (χ2n) is 2.78. The fraction of sp³-hybridized carbons (Fsp3) is 0.375. The lowest BCUT2D eigenvalue weighted by molar-refractivity contribution is 0.305. The minimum atomic E-state index is 0.861. The minimum Gasteiger partial charge on any atom is -0.349 e. The van der Waals surface area contributed by atoms with Gasteiger partial charge in [0.1, 0.15) is 0 Å². The molecule has 0 aromatic carbocycles. The summed E-state index contributed by atoms with van der Waals surface area (Å²) in [6.07, 6.45) is 1.27. The van der Waals surface area contributed by atoms with Crippen molar-refractivity contribution < 1.29 is 0 Å². The quantitative estimate of drug-likeness (QED) is 0.696. The van der Waals surface area contributed by atoms with Crippen molar-refractivity contribution in [2.24, 2.45) is 0 Å². The number of thiocarbonyl (C=S) groups is 1. The minimum absolute atomic E-state index is 0.861. The molecule has 1 aromatic rings. The Morgan fingerprint density at radius 1 is 1.58 bits per heavy atom. The van der Waals surface area contributed by atoms with E-state index in [1.807, 2.05) is 11.4 Å². The molecule has 1 N–H and O–H groups in total. The zero-order chi connectivity index (χ0) is 8.39. The smallest absolute Gasteiger partial charge is 0.173 e. The van der Waals surface area contributed by atoms with Gasteiger partial charge in [0.2, 0.25) is 0 Å². The van der Waals surface area contributed by atoms with Gasteiger partial charge in [0.05, 0.1) is 5.69 Å². The first kappa shape index (κ1) is 8.01. The predicted octanol–water partition coefficient (Wildman–Crippen LogP) is 2.15. The van der Waals surface area contributed by atoms with Crippen LogP contribution in [0.15, 0.2) is 16.8 Å². The molecule has 0 aliphatic carbocycles. The van der Waals surface area contributed by atoms with Crippen LogP contribution in [-0.2, 0) is 0 Å². The van der Waals surface area contributed by atoms with Crippen molar-refractivity contribution in [1.82, 2.24) is 4.90 Å². The molecule has 0 radical (unpaired) electrons. The maximum atomic E-state index is 5.19. The molecular weight excluding hydrogens is 188 g/mol. The molecule has 0 unspecified atom stereocenters. The molecule has 1 saturated heterocycles. The van der Waals surface area contributed by atoms with Crippen LogP contribution in [-0.4, -0.2) is 23.1 Å². The summed E-state index contributed by atoms with van der Waals surface area (Å²) < 4.78 is 0. The van der Waals surface area contributed by atoms with Crippen LogP contribution in [0, 0.1) is 0 Å². The summed E-state index contributed by atoms with van der Waals surface area (Å²) in [7, 11) is 0. The molecular formula is C8H10N2S2. The van der Waals surface area contributed by atoms with Gasteiger partial charge in [0, 0.05) is 18.5 Å². The Morgan fingerprint density at radius 3 is 2.92 bits per heavy atom. The summed E-state index contributed by atoms with van der Waals surface area (Å²) >= 11 is 6.87. The Labute approximate surface area is 81.2 Å². The average molecular weight is 198 g/mol. The van der Waals surface area contributed by atoms with Crippen LogP contribution in [0.1, 0.15) is 6.42 Å². The Hall–Kier alpha value is -0.610. The first-order chi connectivity index (χ1) is 5.86. The van der Waals surface area contributed by atoms with Crippen LogP contribution in [0.2, 0.25) is 0 Å². The Balaban J connectivity index is 1.90. The van der Waals surface area contributed by atoms with Crippen LogP contribution in [0.3, 0.4) is 0 Å². The van der Waals surface area contributed by atoms with E-state index in [4.69, 9.17) is 12.2 Å². The van der Waals surface area contributed by atoms with E-state index in [9.17, 15) is 0 Å². The molecule has 0 saturated carbocycles. The zero-order valence-corrected chi connectivity index (χ0v) is 8.25. The van der Waals surface area contributed by atoms with Gasteiger partial charge in [0.25, 0.3) is 0 Å². The van der Waals surface area contributed by atoms with E-state index in [1.54, 1.807) is 11.3 Å². The molecule has 2 rings (SSSR count). The lowest BCUT2D eigenvalue weighted by Crippen LogP contribution is -2.44. The van der Waals surface area contributed by atoms with Gasteiger partial charge in [0.15, 0.2) is 5.11 Å². The van der Waals surface area contributed by atoms with E-state index < -0.39 is 0 Å². The van der Waals surface area contributed by atoms with E-state index in [-0.39, 0.29) is 0 Å². The molecule has 64 valence electrons. The van der Waals surface area contributed by atoms with Crippen LogP contribution in [0.4, 0.5) is 5.69 Å². The zero-order valence-electron chi connectivity index (χ0n) is 6.62. The van der Waals surface area contributed by atoms with Gasteiger partial charge in [-0.05, 0) is 30.1 Å². The normalized spacial score (nSPS) is 15.5. The molecule has 1 fully saturated rings. The Bertz CT molecular complexity index is 265. The number of hydrogen-bond acceptors (Lipinski definition) is 2. The standard InChI is InChI=1S/C8H10N2S2/c11-8(10-3-1-4-10)9-7-2-5-12-6-7/h2,5-6H,1,3-4H2,(H,9,11). The lowest BCUT2D eigenvalue weighted by atomic mass is 10.2. The molecule has 0 spiro atoms. The first-order valence-corrected chi connectivity index (χ1v) is 5.29. The number of likely N-dealkylation sites (tertiary alicyclic amines) is 1. The summed E-state index contributed by atoms with van der Waals surface area (Å²) in [4.78, 5) is 2.17. The molecule has 2 heterocycles. The summed E-state index contributed by atoms with van der Waals surface area (Å²) in [5, 5.41) is 8.16. The highest BCUT2D eigenvalue weighted by Crippen LogP contribution is 2.14. The number of anilines is 1. The molecule has 0 atom stereocenters. The van der Waals surface area contributed by atoms with Gasteiger partial charge in [-0.15, -0.1) is 0 Å². The van der Waals surface area contributed by atoms with Crippen molar-refractivity contribution in [2.75, 3.05) is 18.4 Å². The third-order valence-corrected chi connectivity index (χ3v) is 2.96. The Kier molecular flexibility index (Phi) is 2.28. The van der Waals surface area contributed by atoms with Gasteiger partial charge >= 0.3 is 0 Å². The molecule has 0 amide bonds. The molecule has 12 heavy (non-hydrogen) atoms. The number of nitrogens with zero attached hydrogens (tertiary/aromatic N) is 1. The highest BCUT2D eigenvalue weighted by Gasteiger charge is 2.16. The molecule has 1 aliphatic rings. The van der Waals surface area contributed by atoms with Crippen molar-refractivity contribution in [3.63, 3.8) is 0 Å². The average Bonchev–Trinajstić information content (AvgIpc) is 2.34. The van der Waals surface area contributed by atoms with Crippen LogP contribution >= 0.6 is 23.6 Å². The third-order valence-electron chi connectivity index (χ3n) is 1.92. The van der Waals surface area contributed by atoms with Gasteiger partial charge in [-0.25, -0.2) is 0 Å². The highest BCUT2D eigenvalue weighted by molar-refractivity contribution is 7.80. The van der Waals surface area contributed by atoms with Gasteiger partial charge < -0.3 is 10.2 Å². The summed E-state index contributed by atoms with van der Waals surface area (Å²) in [6, 6.07) is 2.04. The van der Waals surface area contributed by atoms with Crippen molar-refractivity contribution in [1.29, 1.82) is 0 Å². The predicted molar refractivity (Wildman–Crippen MR) is 56.7 cm³/mol. The SMILES string of the molecule is S=C(Nc1ccsc1)N1CCC1. The van der Waals surface area contributed by atoms with Crippen molar-refractivity contribution >= 4 is 34.4 Å². The van der Waals surface area contributed by atoms with E-state index >= 15 is 0 Å². The number of hydrogen-bond donors (Lipinski definition) is 1. The maximum absolute atomic E-state index is 5.19. The van der Waals surface area contributed by atoms with Crippen LogP contribution < -0.4 is 5.32 Å². The third kappa shape index (κ3) is 1.59. The summed E-state index contributed by atoms with van der Waals surface area (Å²) in [5.74, 6) is 0. The molecule has 1 aliphatic heterocycles.